The van der Waals surface area contributed by atoms with E-state index in [0.29, 0.717) is 5.92 Å². The van der Waals surface area contributed by atoms with Gasteiger partial charge in [0.2, 0.25) is 0 Å². The van der Waals surface area contributed by atoms with Crippen molar-refractivity contribution in [1.29, 1.82) is 5.26 Å². The molecule has 2 aliphatic carbocycles. The summed E-state index contributed by atoms with van der Waals surface area (Å²) in [5.74, 6) is 0.881. The van der Waals surface area contributed by atoms with Gasteiger partial charge in [0.05, 0.1) is 18.5 Å². The summed E-state index contributed by atoms with van der Waals surface area (Å²) >= 11 is 0. The van der Waals surface area contributed by atoms with Gasteiger partial charge in [-0.25, -0.2) is 0 Å². The van der Waals surface area contributed by atoms with Gasteiger partial charge in [-0.15, -0.1) is 0 Å². The van der Waals surface area contributed by atoms with Crippen LogP contribution >= 0.6 is 0 Å². The summed E-state index contributed by atoms with van der Waals surface area (Å²) in [5, 5.41) is 9.12. The summed E-state index contributed by atoms with van der Waals surface area (Å²) in [6, 6.07) is 2.46. The Morgan fingerprint density at radius 3 is 3.25 bits per heavy atom. The molecule has 0 aromatic carbocycles. The largest absolute Gasteiger partial charge is 0.289 e. The van der Waals surface area contributed by atoms with Crippen molar-refractivity contribution in [3.05, 3.63) is 22.8 Å². The van der Waals surface area contributed by atoms with Crippen molar-refractivity contribution < 1.29 is 0 Å². The molecule has 0 bridgehead atoms. The Morgan fingerprint density at radius 2 is 2.38 bits per heavy atom. The van der Waals surface area contributed by atoms with Crippen molar-refractivity contribution in [2.75, 3.05) is 6.54 Å². The number of allylic oxidation sites excluding steroid dienone is 3. The molecule has 2 nitrogen and oxygen atoms in total. The Hall–Kier alpha value is -1.36. The van der Waals surface area contributed by atoms with Crippen LogP contribution in [0.2, 0.25) is 0 Å². The van der Waals surface area contributed by atoms with Crippen LogP contribution in [0, 0.1) is 23.2 Å². The summed E-state index contributed by atoms with van der Waals surface area (Å²) in [4.78, 5) is 4.42. The highest BCUT2D eigenvalue weighted by Gasteiger charge is 2.33. The maximum Gasteiger partial charge on any atom is 0.0659 e. The Bertz CT molecular complexity index is 434. The zero-order chi connectivity index (χ0) is 11.0. The van der Waals surface area contributed by atoms with Crippen LogP contribution in [0.15, 0.2) is 27.8 Å². The SMILES string of the molecule is N#CC1CC2=C3C(=CC=NC2)CCCC3C1. The second-order valence-corrected chi connectivity index (χ2v) is 5.05. The Kier molecular flexibility index (Phi) is 2.40. The van der Waals surface area contributed by atoms with Gasteiger partial charge < -0.3 is 0 Å². The quantitative estimate of drug-likeness (QED) is 0.608. The van der Waals surface area contributed by atoms with Gasteiger partial charge in [-0.1, -0.05) is 0 Å². The average molecular weight is 212 g/mol. The van der Waals surface area contributed by atoms with E-state index in [4.69, 9.17) is 5.26 Å². The van der Waals surface area contributed by atoms with Crippen molar-refractivity contribution in [2.24, 2.45) is 16.8 Å². The summed E-state index contributed by atoms with van der Waals surface area (Å²) in [6.07, 6.45) is 9.94. The Labute approximate surface area is 96.4 Å². The van der Waals surface area contributed by atoms with Gasteiger partial charge >= 0.3 is 0 Å². The molecule has 0 aromatic rings. The van der Waals surface area contributed by atoms with Crippen LogP contribution in [0.5, 0.6) is 0 Å². The van der Waals surface area contributed by atoms with Crippen LogP contribution < -0.4 is 0 Å². The van der Waals surface area contributed by atoms with Gasteiger partial charge in [0.1, 0.15) is 0 Å². The average Bonchev–Trinajstić information content (AvgIpc) is 2.53. The van der Waals surface area contributed by atoms with Gasteiger partial charge in [-0.05, 0) is 60.8 Å². The monoisotopic (exact) mass is 212 g/mol. The van der Waals surface area contributed by atoms with E-state index in [2.05, 4.69) is 17.1 Å². The van der Waals surface area contributed by atoms with Gasteiger partial charge in [-0.3, -0.25) is 4.99 Å². The van der Waals surface area contributed by atoms with Crippen molar-refractivity contribution in [1.82, 2.24) is 0 Å². The van der Waals surface area contributed by atoms with Crippen molar-refractivity contribution in [2.45, 2.75) is 32.1 Å². The molecule has 2 unspecified atom stereocenters. The molecule has 0 saturated heterocycles. The van der Waals surface area contributed by atoms with Crippen molar-refractivity contribution in [3.63, 3.8) is 0 Å². The molecule has 2 atom stereocenters. The van der Waals surface area contributed by atoms with E-state index in [0.717, 1.165) is 19.4 Å². The molecule has 16 heavy (non-hydrogen) atoms. The molecule has 1 fully saturated rings. The van der Waals surface area contributed by atoms with Crippen molar-refractivity contribution in [3.8, 4) is 6.07 Å². The van der Waals surface area contributed by atoms with E-state index < -0.39 is 0 Å². The lowest BCUT2D eigenvalue weighted by Gasteiger charge is -2.35. The maximum atomic E-state index is 9.12. The number of nitrogens with zero attached hydrogens (tertiary/aromatic N) is 2. The summed E-state index contributed by atoms with van der Waals surface area (Å²) in [6.45, 7) is 0.823. The minimum absolute atomic E-state index is 0.233. The van der Waals surface area contributed by atoms with Crippen LogP contribution in [-0.4, -0.2) is 12.8 Å². The molecule has 1 heterocycles. The van der Waals surface area contributed by atoms with E-state index in [9.17, 15) is 0 Å². The molecule has 3 rings (SSSR count). The number of rotatable bonds is 0. The lowest BCUT2D eigenvalue weighted by Crippen LogP contribution is -2.23. The molecule has 0 radical (unpaired) electrons. The highest BCUT2D eigenvalue weighted by atomic mass is 14.7. The molecule has 3 aliphatic rings. The molecule has 82 valence electrons. The molecule has 0 amide bonds. The van der Waals surface area contributed by atoms with E-state index in [1.165, 1.54) is 30.4 Å². The number of aliphatic imine (C=N–C) groups is 1. The van der Waals surface area contributed by atoms with Gasteiger partial charge in [-0.2, -0.15) is 5.26 Å². The first-order valence-corrected chi connectivity index (χ1v) is 6.19. The predicted molar refractivity (Wildman–Crippen MR) is 64.1 cm³/mol. The number of hydrogen-bond acceptors (Lipinski definition) is 2. The van der Waals surface area contributed by atoms with Crippen LogP contribution in [0.4, 0.5) is 0 Å². The number of hydrogen-bond donors (Lipinski definition) is 0. The third kappa shape index (κ3) is 1.51. The first-order chi connectivity index (χ1) is 7.88. The van der Waals surface area contributed by atoms with Crippen LogP contribution in [-0.2, 0) is 0 Å². The molecule has 0 aromatic heterocycles. The summed E-state index contributed by atoms with van der Waals surface area (Å²) in [7, 11) is 0. The molecule has 2 heteroatoms. The lowest BCUT2D eigenvalue weighted by atomic mass is 9.69. The Morgan fingerprint density at radius 1 is 1.44 bits per heavy atom. The topological polar surface area (TPSA) is 36.1 Å². The van der Waals surface area contributed by atoms with Gasteiger partial charge in [0.15, 0.2) is 0 Å². The normalized spacial score (nSPS) is 32.6. The fourth-order valence-corrected chi connectivity index (χ4v) is 3.39. The highest BCUT2D eigenvalue weighted by molar-refractivity contribution is 5.75. The molecular formula is C14H16N2. The van der Waals surface area contributed by atoms with Gasteiger partial charge in [0.25, 0.3) is 0 Å². The third-order valence-electron chi connectivity index (χ3n) is 4.04. The van der Waals surface area contributed by atoms with Crippen molar-refractivity contribution >= 4 is 6.21 Å². The maximum absolute atomic E-state index is 9.12. The highest BCUT2D eigenvalue weighted by Crippen LogP contribution is 2.45. The second kappa shape index (κ2) is 3.90. The third-order valence-corrected chi connectivity index (χ3v) is 4.04. The summed E-state index contributed by atoms with van der Waals surface area (Å²) in [5.41, 5.74) is 4.53. The minimum Gasteiger partial charge on any atom is -0.289 e. The predicted octanol–water partition coefficient (Wildman–Crippen LogP) is 3.03. The van der Waals surface area contributed by atoms with E-state index in [-0.39, 0.29) is 5.92 Å². The Balaban J connectivity index is 2.04. The van der Waals surface area contributed by atoms with E-state index in [1.54, 1.807) is 5.57 Å². The van der Waals surface area contributed by atoms with Gasteiger partial charge in [0, 0.05) is 6.21 Å². The lowest BCUT2D eigenvalue weighted by molar-refractivity contribution is 0.384. The number of nitriles is 1. The zero-order valence-electron chi connectivity index (χ0n) is 9.45. The molecule has 0 N–H and O–H groups in total. The van der Waals surface area contributed by atoms with E-state index in [1.807, 2.05) is 6.21 Å². The fraction of sp³-hybridized carbons (Fsp3) is 0.571. The molecule has 1 aliphatic heterocycles. The first kappa shape index (κ1) is 9.84. The standard InChI is InChI=1S/C14H16N2/c15-8-10-6-12-3-1-2-11-4-5-16-9-13(7-10)14(11)12/h4-5,10,12H,1-3,6-7,9H2. The fourth-order valence-electron chi connectivity index (χ4n) is 3.39. The first-order valence-electron chi connectivity index (χ1n) is 6.19. The molecule has 0 spiro atoms. The van der Waals surface area contributed by atoms with Crippen LogP contribution in [0.25, 0.3) is 0 Å². The summed E-state index contributed by atoms with van der Waals surface area (Å²) < 4.78 is 0. The minimum atomic E-state index is 0.233. The second-order valence-electron chi connectivity index (χ2n) is 5.05. The zero-order valence-corrected chi connectivity index (χ0v) is 9.45. The molecular weight excluding hydrogens is 196 g/mol. The molecule has 1 saturated carbocycles. The van der Waals surface area contributed by atoms with Crippen LogP contribution in [0.3, 0.4) is 0 Å². The van der Waals surface area contributed by atoms with E-state index >= 15 is 0 Å². The van der Waals surface area contributed by atoms with Crippen LogP contribution in [0.1, 0.15) is 32.1 Å². The smallest absolute Gasteiger partial charge is 0.0659 e.